The molecule has 0 aliphatic carbocycles. The van der Waals surface area contributed by atoms with Crippen LogP contribution in [0.15, 0.2) is 12.4 Å². The van der Waals surface area contributed by atoms with Crippen LogP contribution in [-0.2, 0) is 4.74 Å². The number of cyclic esters (lactones) is 1. The zero-order valence-corrected chi connectivity index (χ0v) is 11.0. The van der Waals surface area contributed by atoms with Gasteiger partial charge in [-0.3, -0.25) is 9.88 Å². The minimum Gasteiger partial charge on any atom is -0.444 e. The fourth-order valence-corrected chi connectivity index (χ4v) is 2.59. The maximum Gasteiger partial charge on any atom is 0.415 e. The topological polar surface area (TPSA) is 67.4 Å². The molecule has 2 saturated heterocycles. The minimum atomic E-state index is -0.337. The number of hydrogen-bond donors (Lipinski definition) is 1. The molecule has 1 aromatic heterocycles. The molecule has 0 bridgehead atoms. The number of ether oxygens (including phenoxy) is 1. The van der Waals surface area contributed by atoms with Gasteiger partial charge >= 0.3 is 6.09 Å². The van der Waals surface area contributed by atoms with Crippen molar-refractivity contribution >= 4 is 11.9 Å². The smallest absolute Gasteiger partial charge is 0.415 e. The van der Waals surface area contributed by atoms with Crippen LogP contribution in [0, 0.1) is 0 Å². The molecule has 0 spiro atoms. The number of anilines is 1. The van der Waals surface area contributed by atoms with E-state index in [2.05, 4.69) is 15.3 Å². The fraction of sp³-hybridized carbons (Fsp3) is 0.615. The zero-order chi connectivity index (χ0) is 13.2. The Balaban J connectivity index is 1.73. The molecule has 2 fully saturated rings. The van der Waals surface area contributed by atoms with Crippen LogP contribution in [0.4, 0.5) is 10.6 Å². The first kappa shape index (κ1) is 12.3. The quantitative estimate of drug-likeness (QED) is 0.870. The monoisotopic (exact) mass is 262 g/mol. The van der Waals surface area contributed by atoms with E-state index in [4.69, 9.17) is 4.74 Å². The van der Waals surface area contributed by atoms with Gasteiger partial charge in [0.2, 0.25) is 0 Å². The number of piperidine rings is 1. The van der Waals surface area contributed by atoms with Crippen molar-refractivity contribution in [3.8, 4) is 0 Å². The summed E-state index contributed by atoms with van der Waals surface area (Å²) in [7, 11) is 0. The number of hydrogen-bond acceptors (Lipinski definition) is 5. The van der Waals surface area contributed by atoms with Crippen LogP contribution in [0.5, 0.6) is 0 Å². The molecule has 0 saturated carbocycles. The normalized spacial score (nSPS) is 24.6. The van der Waals surface area contributed by atoms with Gasteiger partial charge in [0.05, 0.1) is 24.6 Å². The Hall–Kier alpha value is -1.69. The molecule has 1 amide bonds. The van der Waals surface area contributed by atoms with Crippen molar-refractivity contribution in [1.29, 1.82) is 0 Å². The summed E-state index contributed by atoms with van der Waals surface area (Å²) in [5, 5.41) is 3.33. The van der Waals surface area contributed by atoms with Gasteiger partial charge in [-0.25, -0.2) is 9.78 Å². The lowest BCUT2D eigenvalue weighted by Crippen LogP contribution is -2.28. The molecule has 2 aliphatic rings. The van der Waals surface area contributed by atoms with Gasteiger partial charge in [0.25, 0.3) is 0 Å². The molecule has 3 heterocycles. The van der Waals surface area contributed by atoms with Crippen LogP contribution in [-0.4, -0.2) is 41.8 Å². The van der Waals surface area contributed by atoms with Crippen molar-refractivity contribution in [2.24, 2.45) is 0 Å². The van der Waals surface area contributed by atoms with Crippen LogP contribution in [0.25, 0.3) is 0 Å². The molecule has 1 aromatic rings. The minimum absolute atomic E-state index is 0.0848. The highest BCUT2D eigenvalue weighted by Gasteiger charge is 2.30. The molecule has 3 rings (SSSR count). The Morgan fingerprint density at radius 2 is 2.11 bits per heavy atom. The summed E-state index contributed by atoms with van der Waals surface area (Å²) in [5.74, 6) is 1.05. The van der Waals surface area contributed by atoms with Gasteiger partial charge in [0.1, 0.15) is 6.10 Å². The Bertz CT molecular complexity index is 456. The van der Waals surface area contributed by atoms with Crippen LogP contribution in [0.3, 0.4) is 0 Å². The van der Waals surface area contributed by atoms with E-state index in [9.17, 15) is 4.79 Å². The first-order chi connectivity index (χ1) is 9.24. The Kier molecular flexibility index (Phi) is 3.33. The second-order valence-electron chi connectivity index (χ2n) is 5.13. The van der Waals surface area contributed by atoms with Gasteiger partial charge in [0.15, 0.2) is 5.82 Å². The van der Waals surface area contributed by atoms with Crippen molar-refractivity contribution in [2.45, 2.75) is 31.8 Å². The van der Waals surface area contributed by atoms with E-state index in [1.807, 2.05) is 6.92 Å². The summed E-state index contributed by atoms with van der Waals surface area (Å²) in [4.78, 5) is 22.0. The van der Waals surface area contributed by atoms with E-state index in [0.29, 0.717) is 18.3 Å². The van der Waals surface area contributed by atoms with Crippen molar-refractivity contribution in [2.75, 3.05) is 24.5 Å². The summed E-state index contributed by atoms with van der Waals surface area (Å²) in [6.07, 6.45) is 5.24. The Labute approximate surface area is 112 Å². The van der Waals surface area contributed by atoms with Crippen LogP contribution in [0.1, 0.15) is 31.4 Å². The number of carbonyl (C=O) groups excluding carboxylic acids is 1. The second-order valence-corrected chi connectivity index (χ2v) is 5.13. The Morgan fingerprint density at radius 3 is 2.68 bits per heavy atom. The van der Waals surface area contributed by atoms with Gasteiger partial charge in [-0.05, 0) is 32.9 Å². The van der Waals surface area contributed by atoms with E-state index in [-0.39, 0.29) is 12.2 Å². The summed E-state index contributed by atoms with van der Waals surface area (Å²) >= 11 is 0. The molecular formula is C13H18N4O2. The maximum absolute atomic E-state index is 11.6. The second kappa shape index (κ2) is 5.13. The lowest BCUT2D eigenvalue weighted by molar-refractivity contribution is 0.150. The summed E-state index contributed by atoms with van der Waals surface area (Å²) < 4.78 is 5.09. The van der Waals surface area contributed by atoms with Crippen molar-refractivity contribution < 1.29 is 9.53 Å². The van der Waals surface area contributed by atoms with Crippen molar-refractivity contribution in [1.82, 2.24) is 15.3 Å². The SMILES string of the molecule is C[C@H]1CN(c2cnc(C3CCNCC3)cn2)C(=O)O1. The average molecular weight is 262 g/mol. The van der Waals surface area contributed by atoms with E-state index in [0.717, 1.165) is 31.6 Å². The van der Waals surface area contributed by atoms with Gasteiger partial charge < -0.3 is 10.1 Å². The molecular weight excluding hydrogens is 244 g/mol. The number of aromatic nitrogens is 2. The number of amides is 1. The molecule has 19 heavy (non-hydrogen) atoms. The van der Waals surface area contributed by atoms with Crippen molar-refractivity contribution in [3.63, 3.8) is 0 Å². The highest BCUT2D eigenvalue weighted by atomic mass is 16.6. The van der Waals surface area contributed by atoms with E-state index < -0.39 is 0 Å². The van der Waals surface area contributed by atoms with E-state index >= 15 is 0 Å². The molecule has 0 radical (unpaired) electrons. The Morgan fingerprint density at radius 1 is 1.32 bits per heavy atom. The molecule has 1 N–H and O–H groups in total. The molecule has 6 nitrogen and oxygen atoms in total. The molecule has 6 heteroatoms. The third-order valence-corrected chi connectivity index (χ3v) is 3.65. The molecule has 102 valence electrons. The summed E-state index contributed by atoms with van der Waals surface area (Å²) in [6.45, 7) is 4.48. The average Bonchev–Trinajstić information content (AvgIpc) is 2.79. The first-order valence-electron chi connectivity index (χ1n) is 6.75. The predicted octanol–water partition coefficient (Wildman–Crippen LogP) is 1.29. The van der Waals surface area contributed by atoms with Crippen LogP contribution < -0.4 is 10.2 Å². The zero-order valence-electron chi connectivity index (χ0n) is 11.0. The highest BCUT2D eigenvalue weighted by molar-refractivity contribution is 5.88. The number of rotatable bonds is 2. The fourth-order valence-electron chi connectivity index (χ4n) is 2.59. The molecule has 1 atom stereocenters. The largest absolute Gasteiger partial charge is 0.444 e. The molecule has 0 aromatic carbocycles. The lowest BCUT2D eigenvalue weighted by atomic mass is 9.95. The third-order valence-electron chi connectivity index (χ3n) is 3.65. The first-order valence-corrected chi connectivity index (χ1v) is 6.75. The standard InChI is InChI=1S/C13H18N4O2/c1-9-8-17(13(18)19-9)12-7-15-11(6-16-12)10-2-4-14-5-3-10/h6-7,9-10,14H,2-5,8H2,1H3/t9-/m0/s1. The maximum atomic E-state index is 11.6. The van der Waals surface area contributed by atoms with Gasteiger partial charge in [-0.15, -0.1) is 0 Å². The van der Waals surface area contributed by atoms with Gasteiger partial charge in [0, 0.05) is 5.92 Å². The van der Waals surface area contributed by atoms with Crippen LogP contribution in [0.2, 0.25) is 0 Å². The van der Waals surface area contributed by atoms with Crippen molar-refractivity contribution in [3.05, 3.63) is 18.1 Å². The summed E-state index contributed by atoms with van der Waals surface area (Å²) in [5.41, 5.74) is 1.02. The number of nitrogens with zero attached hydrogens (tertiary/aromatic N) is 3. The van der Waals surface area contributed by atoms with Gasteiger partial charge in [-0.1, -0.05) is 0 Å². The number of nitrogens with one attached hydrogen (secondary N) is 1. The molecule has 0 unspecified atom stereocenters. The van der Waals surface area contributed by atoms with E-state index in [1.165, 1.54) is 4.90 Å². The summed E-state index contributed by atoms with van der Waals surface area (Å²) in [6, 6.07) is 0. The molecule has 2 aliphatic heterocycles. The number of carbonyl (C=O) groups is 1. The lowest BCUT2D eigenvalue weighted by Gasteiger charge is -2.22. The van der Waals surface area contributed by atoms with E-state index in [1.54, 1.807) is 12.4 Å². The third kappa shape index (κ3) is 2.53. The van der Waals surface area contributed by atoms with Gasteiger partial charge in [-0.2, -0.15) is 0 Å². The van der Waals surface area contributed by atoms with Crippen LogP contribution >= 0.6 is 0 Å². The predicted molar refractivity (Wildman–Crippen MR) is 70.2 cm³/mol. The highest BCUT2D eigenvalue weighted by Crippen LogP contribution is 2.24.